The number of carbonyl (C=O) groups is 1. The van der Waals surface area contributed by atoms with Crippen LogP contribution >= 0.6 is 0 Å². The first-order chi connectivity index (χ1) is 6.19. The Labute approximate surface area is 78.7 Å². The normalized spacial score (nSPS) is 39.4. The van der Waals surface area contributed by atoms with Gasteiger partial charge in [-0.15, -0.1) is 0 Å². The van der Waals surface area contributed by atoms with Crippen molar-refractivity contribution in [2.24, 2.45) is 5.41 Å². The van der Waals surface area contributed by atoms with Crippen LogP contribution in [0.4, 0.5) is 0 Å². The fourth-order valence-electron chi connectivity index (χ4n) is 2.99. The third kappa shape index (κ3) is 1.17. The maximum absolute atomic E-state index is 11.4. The minimum atomic E-state index is 0.0443. The Morgan fingerprint density at radius 2 is 2.38 bits per heavy atom. The first kappa shape index (κ1) is 9.00. The van der Waals surface area contributed by atoms with Crippen molar-refractivity contribution < 1.29 is 9.90 Å². The van der Waals surface area contributed by atoms with Crippen molar-refractivity contribution in [3.63, 3.8) is 0 Å². The highest BCUT2D eigenvalue weighted by atomic mass is 16.3. The molecule has 0 spiro atoms. The standard InChI is InChI=1S/C10H17NO2/c1-11-8-3-2-5-10(8,7-12)6-4-9(11)13/h8,12H,2-7H2,1H3/t8-,10-/m1/s1. The molecule has 1 aliphatic carbocycles. The van der Waals surface area contributed by atoms with E-state index in [-0.39, 0.29) is 17.9 Å². The number of likely N-dealkylation sites (tertiary alicyclic amines) is 1. The SMILES string of the molecule is CN1C(=O)CC[C@@]2(CO)CCC[C@@H]12. The van der Waals surface area contributed by atoms with Crippen molar-refractivity contribution in [2.45, 2.75) is 38.1 Å². The van der Waals surface area contributed by atoms with Crippen LogP contribution in [0, 0.1) is 5.41 Å². The summed E-state index contributed by atoms with van der Waals surface area (Å²) >= 11 is 0. The van der Waals surface area contributed by atoms with E-state index in [0.29, 0.717) is 12.5 Å². The van der Waals surface area contributed by atoms with E-state index in [1.807, 2.05) is 11.9 Å². The quantitative estimate of drug-likeness (QED) is 0.652. The molecule has 3 heteroatoms. The van der Waals surface area contributed by atoms with E-state index in [1.165, 1.54) is 0 Å². The fourth-order valence-corrected chi connectivity index (χ4v) is 2.99. The number of rotatable bonds is 1. The fraction of sp³-hybridized carbons (Fsp3) is 0.900. The third-order valence-electron chi connectivity index (χ3n) is 3.87. The molecule has 0 aromatic carbocycles. The molecule has 2 fully saturated rings. The highest BCUT2D eigenvalue weighted by molar-refractivity contribution is 5.77. The van der Waals surface area contributed by atoms with Crippen LogP contribution in [-0.2, 0) is 4.79 Å². The number of hydrogen-bond acceptors (Lipinski definition) is 2. The smallest absolute Gasteiger partial charge is 0.222 e. The number of carbonyl (C=O) groups excluding carboxylic acids is 1. The Hall–Kier alpha value is -0.570. The molecule has 0 aromatic rings. The van der Waals surface area contributed by atoms with E-state index in [0.717, 1.165) is 25.7 Å². The van der Waals surface area contributed by atoms with Crippen LogP contribution in [0.15, 0.2) is 0 Å². The summed E-state index contributed by atoms with van der Waals surface area (Å²) in [7, 11) is 1.88. The molecule has 3 nitrogen and oxygen atoms in total. The van der Waals surface area contributed by atoms with Crippen LogP contribution in [-0.4, -0.2) is 35.6 Å². The lowest BCUT2D eigenvalue weighted by Crippen LogP contribution is -2.51. The van der Waals surface area contributed by atoms with Crippen LogP contribution in [0.1, 0.15) is 32.1 Å². The minimum absolute atomic E-state index is 0.0443. The Balaban J connectivity index is 2.23. The number of aliphatic hydroxyl groups is 1. The van der Waals surface area contributed by atoms with Gasteiger partial charge in [0.25, 0.3) is 0 Å². The van der Waals surface area contributed by atoms with Crippen molar-refractivity contribution in [1.29, 1.82) is 0 Å². The van der Waals surface area contributed by atoms with Crippen molar-refractivity contribution in [3.8, 4) is 0 Å². The maximum atomic E-state index is 11.4. The summed E-state index contributed by atoms with van der Waals surface area (Å²) in [5.74, 6) is 0.246. The number of aliphatic hydroxyl groups excluding tert-OH is 1. The Kier molecular flexibility index (Phi) is 2.06. The van der Waals surface area contributed by atoms with Crippen LogP contribution in [0.25, 0.3) is 0 Å². The van der Waals surface area contributed by atoms with Crippen LogP contribution in [0.3, 0.4) is 0 Å². The molecule has 2 rings (SSSR count). The number of piperidine rings is 1. The summed E-state index contributed by atoms with van der Waals surface area (Å²) in [6.07, 6.45) is 4.82. The first-order valence-corrected chi connectivity index (χ1v) is 5.06. The van der Waals surface area contributed by atoms with Crippen LogP contribution in [0.5, 0.6) is 0 Å². The molecule has 2 aliphatic rings. The van der Waals surface area contributed by atoms with Crippen molar-refractivity contribution >= 4 is 5.91 Å². The van der Waals surface area contributed by atoms with E-state index in [1.54, 1.807) is 0 Å². The molecule has 13 heavy (non-hydrogen) atoms. The van der Waals surface area contributed by atoms with Gasteiger partial charge in [-0.25, -0.2) is 0 Å². The first-order valence-electron chi connectivity index (χ1n) is 5.06. The minimum Gasteiger partial charge on any atom is -0.396 e. The van der Waals surface area contributed by atoms with Gasteiger partial charge in [-0.2, -0.15) is 0 Å². The number of amides is 1. The maximum Gasteiger partial charge on any atom is 0.222 e. The van der Waals surface area contributed by atoms with Gasteiger partial charge in [0.2, 0.25) is 5.91 Å². The van der Waals surface area contributed by atoms with E-state index >= 15 is 0 Å². The van der Waals surface area contributed by atoms with Gasteiger partial charge in [-0.3, -0.25) is 4.79 Å². The van der Waals surface area contributed by atoms with Crippen LogP contribution in [0.2, 0.25) is 0 Å². The lowest BCUT2D eigenvalue weighted by molar-refractivity contribution is -0.141. The van der Waals surface area contributed by atoms with Gasteiger partial charge < -0.3 is 10.0 Å². The monoisotopic (exact) mass is 183 g/mol. The van der Waals surface area contributed by atoms with Gasteiger partial charge in [0.1, 0.15) is 0 Å². The number of hydrogen-bond donors (Lipinski definition) is 1. The largest absolute Gasteiger partial charge is 0.396 e. The zero-order valence-corrected chi connectivity index (χ0v) is 8.12. The van der Waals surface area contributed by atoms with Gasteiger partial charge in [0.05, 0.1) is 6.61 Å². The second-order valence-corrected chi connectivity index (χ2v) is 4.43. The Bertz CT molecular complexity index is 229. The summed E-state index contributed by atoms with van der Waals surface area (Å²) in [6, 6.07) is 0.304. The second-order valence-electron chi connectivity index (χ2n) is 4.43. The zero-order chi connectivity index (χ0) is 9.47. The topological polar surface area (TPSA) is 40.5 Å². The molecule has 1 N–H and O–H groups in total. The number of nitrogens with zero attached hydrogens (tertiary/aromatic N) is 1. The second kappa shape index (κ2) is 2.98. The average Bonchev–Trinajstić information content (AvgIpc) is 2.57. The average molecular weight is 183 g/mol. The van der Waals surface area contributed by atoms with Crippen molar-refractivity contribution in [3.05, 3.63) is 0 Å². The molecule has 1 amide bonds. The van der Waals surface area contributed by atoms with Crippen molar-refractivity contribution in [2.75, 3.05) is 13.7 Å². The summed E-state index contributed by atoms with van der Waals surface area (Å²) in [5, 5.41) is 9.42. The van der Waals surface area contributed by atoms with Gasteiger partial charge in [-0.1, -0.05) is 6.42 Å². The molecule has 1 aliphatic heterocycles. The van der Waals surface area contributed by atoms with Gasteiger partial charge >= 0.3 is 0 Å². The predicted molar refractivity (Wildman–Crippen MR) is 49.2 cm³/mol. The highest BCUT2D eigenvalue weighted by Crippen LogP contribution is 2.46. The van der Waals surface area contributed by atoms with Crippen LogP contribution < -0.4 is 0 Å². The lowest BCUT2D eigenvalue weighted by Gasteiger charge is -2.43. The van der Waals surface area contributed by atoms with Gasteiger partial charge in [0.15, 0.2) is 0 Å². The molecule has 0 aromatic heterocycles. The van der Waals surface area contributed by atoms with E-state index < -0.39 is 0 Å². The molecule has 0 bridgehead atoms. The zero-order valence-electron chi connectivity index (χ0n) is 8.12. The Morgan fingerprint density at radius 3 is 3.08 bits per heavy atom. The molecule has 1 saturated heterocycles. The van der Waals surface area contributed by atoms with E-state index in [2.05, 4.69) is 0 Å². The number of fused-ring (bicyclic) bond motifs is 1. The van der Waals surface area contributed by atoms with E-state index in [4.69, 9.17) is 0 Å². The molecular weight excluding hydrogens is 166 g/mol. The molecule has 2 atom stereocenters. The molecular formula is C10H17NO2. The molecule has 0 unspecified atom stereocenters. The molecule has 1 heterocycles. The summed E-state index contributed by atoms with van der Waals surface area (Å²) in [6.45, 7) is 0.245. The lowest BCUT2D eigenvalue weighted by atomic mass is 9.75. The molecule has 74 valence electrons. The van der Waals surface area contributed by atoms with Gasteiger partial charge in [0, 0.05) is 24.9 Å². The van der Waals surface area contributed by atoms with E-state index in [9.17, 15) is 9.90 Å². The summed E-state index contributed by atoms with van der Waals surface area (Å²) < 4.78 is 0. The molecule has 1 saturated carbocycles. The third-order valence-corrected chi connectivity index (χ3v) is 3.87. The Morgan fingerprint density at radius 1 is 1.62 bits per heavy atom. The van der Waals surface area contributed by atoms with Crippen molar-refractivity contribution in [1.82, 2.24) is 4.90 Å². The summed E-state index contributed by atoms with van der Waals surface area (Å²) in [5.41, 5.74) is 0.0443. The highest BCUT2D eigenvalue weighted by Gasteiger charge is 2.48. The summed E-state index contributed by atoms with van der Waals surface area (Å²) in [4.78, 5) is 13.3. The molecule has 0 radical (unpaired) electrons. The predicted octanol–water partition coefficient (Wildman–Crippen LogP) is 0.770. The van der Waals surface area contributed by atoms with Gasteiger partial charge in [-0.05, 0) is 19.3 Å².